The third-order valence-corrected chi connectivity index (χ3v) is 3.62. The van der Waals surface area contributed by atoms with Crippen LogP contribution in [0.4, 0.5) is 5.69 Å². The van der Waals surface area contributed by atoms with Crippen LogP contribution >= 0.6 is 0 Å². The van der Waals surface area contributed by atoms with Gasteiger partial charge in [0.25, 0.3) is 5.69 Å². The molecular weight excluding hydrogens is 274 g/mol. The summed E-state index contributed by atoms with van der Waals surface area (Å²) in [5.74, 6) is -0.862. The van der Waals surface area contributed by atoms with Crippen molar-refractivity contribution >= 4 is 23.0 Å². The Labute approximate surface area is 122 Å². The number of Topliss-reactive ketones (excluding diaryl/α,β-unsaturated/α-hetero) is 3. The summed E-state index contributed by atoms with van der Waals surface area (Å²) in [5.41, 5.74) is -1.15. The van der Waals surface area contributed by atoms with E-state index in [0.717, 1.165) is 0 Å². The maximum atomic E-state index is 12.1. The molecule has 1 aromatic rings. The topological polar surface area (TPSA) is 94.3 Å². The van der Waals surface area contributed by atoms with Crippen molar-refractivity contribution in [3.8, 4) is 0 Å². The molecule has 0 aliphatic carbocycles. The minimum atomic E-state index is -1.42. The number of ketones is 3. The smallest absolute Gasteiger partial charge is 0.269 e. The number of nitro groups is 1. The van der Waals surface area contributed by atoms with Crippen LogP contribution in [0, 0.1) is 10.1 Å². The summed E-state index contributed by atoms with van der Waals surface area (Å²) in [6.07, 6.45) is 0.168. The number of nitro benzene ring substituents is 1. The maximum Gasteiger partial charge on any atom is 0.269 e. The number of benzene rings is 1. The van der Waals surface area contributed by atoms with Gasteiger partial charge in [-0.3, -0.25) is 19.7 Å². The third-order valence-electron chi connectivity index (χ3n) is 3.62. The maximum absolute atomic E-state index is 12.1. The molecule has 0 saturated carbocycles. The first kappa shape index (κ1) is 16.7. The zero-order valence-corrected chi connectivity index (χ0v) is 12.2. The van der Waals surface area contributed by atoms with Gasteiger partial charge in [-0.2, -0.15) is 0 Å². The molecule has 6 nitrogen and oxygen atoms in total. The van der Waals surface area contributed by atoms with Gasteiger partial charge in [-0.15, -0.1) is 0 Å². The first-order valence-corrected chi connectivity index (χ1v) is 6.48. The van der Waals surface area contributed by atoms with Gasteiger partial charge in [0.2, 0.25) is 0 Å². The highest BCUT2D eigenvalue weighted by Crippen LogP contribution is 2.33. The number of hydrogen-bond donors (Lipinski definition) is 0. The van der Waals surface area contributed by atoms with E-state index in [0.29, 0.717) is 5.56 Å². The van der Waals surface area contributed by atoms with Crippen LogP contribution in [-0.4, -0.2) is 22.3 Å². The summed E-state index contributed by atoms with van der Waals surface area (Å²) >= 11 is 0. The van der Waals surface area contributed by atoms with E-state index in [4.69, 9.17) is 0 Å². The highest BCUT2D eigenvalue weighted by atomic mass is 16.6. The molecule has 1 aromatic carbocycles. The van der Waals surface area contributed by atoms with Crippen molar-refractivity contribution in [3.05, 3.63) is 39.9 Å². The highest BCUT2D eigenvalue weighted by Gasteiger charge is 2.42. The molecule has 0 bridgehead atoms. The largest absolute Gasteiger partial charge is 0.300 e. The quantitative estimate of drug-likeness (QED) is 0.436. The van der Waals surface area contributed by atoms with E-state index in [1.54, 1.807) is 0 Å². The van der Waals surface area contributed by atoms with Crippen LogP contribution in [0.3, 0.4) is 0 Å². The van der Waals surface area contributed by atoms with Crippen LogP contribution in [0.5, 0.6) is 0 Å². The van der Waals surface area contributed by atoms with Crippen LogP contribution in [0.15, 0.2) is 24.3 Å². The first-order valence-electron chi connectivity index (χ1n) is 6.48. The zero-order valence-electron chi connectivity index (χ0n) is 12.2. The van der Waals surface area contributed by atoms with Crippen LogP contribution in [0.25, 0.3) is 0 Å². The second kappa shape index (κ2) is 6.39. The summed E-state index contributed by atoms with van der Waals surface area (Å²) < 4.78 is 0. The van der Waals surface area contributed by atoms with Crippen LogP contribution < -0.4 is 0 Å². The lowest BCUT2D eigenvalue weighted by Gasteiger charge is -2.28. The van der Waals surface area contributed by atoms with Crippen molar-refractivity contribution in [2.24, 2.45) is 0 Å². The summed E-state index contributed by atoms with van der Waals surface area (Å²) in [7, 11) is 0. The molecule has 21 heavy (non-hydrogen) atoms. The number of rotatable bonds is 7. The van der Waals surface area contributed by atoms with Crippen LogP contribution in [0.2, 0.25) is 0 Å². The van der Waals surface area contributed by atoms with Crippen molar-refractivity contribution in [2.45, 2.75) is 39.0 Å². The van der Waals surface area contributed by atoms with Crippen molar-refractivity contribution in [2.75, 3.05) is 0 Å². The number of non-ortho nitro benzene ring substituents is 1. The third kappa shape index (κ3) is 3.39. The van der Waals surface area contributed by atoms with E-state index >= 15 is 0 Å². The van der Waals surface area contributed by atoms with E-state index in [1.807, 2.05) is 0 Å². The normalized spacial score (nSPS) is 11.0. The Bertz CT molecular complexity index is 575. The molecule has 0 saturated heterocycles. The highest BCUT2D eigenvalue weighted by molar-refractivity contribution is 6.11. The van der Waals surface area contributed by atoms with Crippen molar-refractivity contribution < 1.29 is 19.3 Å². The second-order valence-electron chi connectivity index (χ2n) is 5.02. The molecule has 0 aromatic heterocycles. The minimum absolute atomic E-state index is 0.0742. The molecule has 0 heterocycles. The summed E-state index contributed by atoms with van der Waals surface area (Å²) in [6, 6.07) is 5.32. The fourth-order valence-corrected chi connectivity index (χ4v) is 2.38. The van der Waals surface area contributed by atoms with Gasteiger partial charge in [-0.1, -0.05) is 12.1 Å². The SMILES string of the molecule is CC(=O)CCC(C(C)=O)(C(C)=O)c1ccc([N+](=O)[O-])cc1. The molecule has 0 spiro atoms. The number of carbonyl (C=O) groups is 3. The molecule has 6 heteroatoms. The number of hydrogen-bond acceptors (Lipinski definition) is 5. The average Bonchev–Trinajstić information content (AvgIpc) is 2.38. The predicted octanol–water partition coefficient (Wildman–Crippen LogP) is 2.38. The van der Waals surface area contributed by atoms with Gasteiger partial charge in [0.1, 0.15) is 22.8 Å². The van der Waals surface area contributed by atoms with E-state index in [1.165, 1.54) is 45.0 Å². The van der Waals surface area contributed by atoms with E-state index < -0.39 is 10.3 Å². The Morgan fingerprint density at radius 2 is 1.52 bits per heavy atom. The summed E-state index contributed by atoms with van der Waals surface area (Å²) in [5, 5.41) is 10.7. The van der Waals surface area contributed by atoms with Crippen molar-refractivity contribution in [1.29, 1.82) is 0 Å². The number of carbonyl (C=O) groups excluding carboxylic acids is 3. The Balaban J connectivity index is 3.34. The minimum Gasteiger partial charge on any atom is -0.300 e. The van der Waals surface area contributed by atoms with Crippen LogP contribution in [0.1, 0.15) is 39.2 Å². The average molecular weight is 291 g/mol. The molecule has 0 aliphatic heterocycles. The Morgan fingerprint density at radius 1 is 1.05 bits per heavy atom. The van der Waals surface area contributed by atoms with Crippen molar-refractivity contribution in [3.63, 3.8) is 0 Å². The lowest BCUT2D eigenvalue weighted by molar-refractivity contribution is -0.384. The molecule has 0 aliphatic rings. The molecule has 0 unspecified atom stereocenters. The molecule has 1 rings (SSSR count). The molecule has 0 radical (unpaired) electrons. The summed E-state index contributed by atoms with van der Waals surface area (Å²) in [4.78, 5) is 45.5. The first-order chi connectivity index (χ1) is 9.71. The van der Waals surface area contributed by atoms with Gasteiger partial charge in [-0.05, 0) is 32.8 Å². The molecule has 0 N–H and O–H groups in total. The second-order valence-corrected chi connectivity index (χ2v) is 5.02. The van der Waals surface area contributed by atoms with Gasteiger partial charge in [0.15, 0.2) is 0 Å². The monoisotopic (exact) mass is 291 g/mol. The van der Waals surface area contributed by atoms with Gasteiger partial charge in [0.05, 0.1) is 4.92 Å². The predicted molar refractivity (Wildman–Crippen MR) is 76.1 cm³/mol. The lowest BCUT2D eigenvalue weighted by atomic mass is 9.70. The Hall–Kier alpha value is -2.37. The summed E-state index contributed by atoms with van der Waals surface area (Å²) in [6.45, 7) is 3.98. The molecular formula is C15H17NO5. The molecule has 0 amide bonds. The van der Waals surface area contributed by atoms with Crippen LogP contribution in [-0.2, 0) is 19.8 Å². The van der Waals surface area contributed by atoms with Gasteiger partial charge in [0, 0.05) is 18.6 Å². The van der Waals surface area contributed by atoms with Gasteiger partial charge >= 0.3 is 0 Å². The fourth-order valence-electron chi connectivity index (χ4n) is 2.38. The standard InChI is InChI=1S/C15H17NO5/c1-10(17)8-9-15(11(2)18,12(3)19)13-4-6-14(7-5-13)16(20)21/h4-7H,8-9H2,1-3H3. The number of nitrogens with zero attached hydrogens (tertiary/aromatic N) is 1. The molecule has 0 fully saturated rings. The molecule has 112 valence electrons. The Morgan fingerprint density at radius 3 is 1.86 bits per heavy atom. The van der Waals surface area contributed by atoms with Crippen molar-refractivity contribution in [1.82, 2.24) is 0 Å². The molecule has 0 atom stereocenters. The van der Waals surface area contributed by atoms with Gasteiger partial charge in [-0.25, -0.2) is 0 Å². The Kier molecular flexibility index (Phi) is 5.07. The van der Waals surface area contributed by atoms with E-state index in [-0.39, 0.29) is 35.9 Å². The van der Waals surface area contributed by atoms with E-state index in [9.17, 15) is 24.5 Å². The zero-order chi connectivity index (χ0) is 16.2. The van der Waals surface area contributed by atoms with E-state index in [2.05, 4.69) is 0 Å². The lowest BCUT2D eigenvalue weighted by Crippen LogP contribution is -2.41. The fraction of sp³-hybridized carbons (Fsp3) is 0.400. The van der Waals surface area contributed by atoms with Gasteiger partial charge < -0.3 is 4.79 Å².